The average molecular weight is 261 g/mol. The summed E-state index contributed by atoms with van der Waals surface area (Å²) in [6, 6.07) is 6.14. The van der Waals surface area contributed by atoms with Crippen LogP contribution in [-0.4, -0.2) is 13.2 Å². The molecule has 3 heteroatoms. The SMILES string of the molecule is CC(C)(C)C1CC(N)(c2ccc3c(c2)OCCO3)C1. The lowest BCUT2D eigenvalue weighted by molar-refractivity contribution is 0.0486. The lowest BCUT2D eigenvalue weighted by atomic mass is 9.57. The van der Waals surface area contributed by atoms with Gasteiger partial charge in [-0.3, -0.25) is 0 Å². The lowest BCUT2D eigenvalue weighted by Gasteiger charge is -2.51. The fourth-order valence-electron chi connectivity index (χ4n) is 3.02. The van der Waals surface area contributed by atoms with E-state index in [2.05, 4.69) is 32.9 Å². The second-order valence-corrected chi connectivity index (χ2v) is 6.99. The first-order chi connectivity index (χ1) is 8.88. The van der Waals surface area contributed by atoms with Gasteiger partial charge in [0.25, 0.3) is 0 Å². The predicted octanol–water partition coefficient (Wildman–Crippen LogP) is 3.07. The third-order valence-electron chi connectivity index (χ3n) is 4.56. The lowest BCUT2D eigenvalue weighted by Crippen LogP contribution is -2.52. The van der Waals surface area contributed by atoms with Gasteiger partial charge in [-0.1, -0.05) is 26.8 Å². The van der Waals surface area contributed by atoms with Crippen molar-refractivity contribution in [3.8, 4) is 11.5 Å². The summed E-state index contributed by atoms with van der Waals surface area (Å²) >= 11 is 0. The van der Waals surface area contributed by atoms with Crippen LogP contribution in [0.5, 0.6) is 11.5 Å². The first-order valence-electron chi connectivity index (χ1n) is 7.07. The van der Waals surface area contributed by atoms with Crippen molar-refractivity contribution in [1.82, 2.24) is 0 Å². The molecule has 3 rings (SSSR count). The van der Waals surface area contributed by atoms with Crippen molar-refractivity contribution in [3.05, 3.63) is 23.8 Å². The number of nitrogens with two attached hydrogens (primary N) is 1. The number of rotatable bonds is 1. The summed E-state index contributed by atoms with van der Waals surface area (Å²) in [6.07, 6.45) is 2.10. The largest absolute Gasteiger partial charge is 0.486 e. The van der Waals surface area contributed by atoms with E-state index in [4.69, 9.17) is 15.2 Å². The van der Waals surface area contributed by atoms with Gasteiger partial charge in [0.05, 0.1) is 0 Å². The number of hydrogen-bond donors (Lipinski definition) is 1. The molecule has 104 valence electrons. The Kier molecular flexibility index (Phi) is 2.79. The highest BCUT2D eigenvalue weighted by Gasteiger charge is 2.47. The van der Waals surface area contributed by atoms with Crippen molar-refractivity contribution < 1.29 is 9.47 Å². The Morgan fingerprint density at radius 2 is 1.74 bits per heavy atom. The molecule has 0 atom stereocenters. The van der Waals surface area contributed by atoms with Crippen molar-refractivity contribution in [2.75, 3.05) is 13.2 Å². The third kappa shape index (κ3) is 2.20. The number of fused-ring (bicyclic) bond motifs is 1. The van der Waals surface area contributed by atoms with E-state index in [1.807, 2.05) is 6.07 Å². The van der Waals surface area contributed by atoms with E-state index >= 15 is 0 Å². The van der Waals surface area contributed by atoms with Crippen LogP contribution in [0.2, 0.25) is 0 Å². The van der Waals surface area contributed by atoms with E-state index in [0.29, 0.717) is 24.5 Å². The molecule has 2 N–H and O–H groups in total. The van der Waals surface area contributed by atoms with Crippen LogP contribution in [0.4, 0.5) is 0 Å². The maximum atomic E-state index is 6.55. The minimum absolute atomic E-state index is 0.187. The second-order valence-electron chi connectivity index (χ2n) is 6.99. The molecule has 1 aromatic carbocycles. The molecule has 0 saturated heterocycles. The zero-order valence-corrected chi connectivity index (χ0v) is 12.0. The van der Waals surface area contributed by atoms with Gasteiger partial charge in [0.1, 0.15) is 13.2 Å². The van der Waals surface area contributed by atoms with Crippen LogP contribution in [0.3, 0.4) is 0 Å². The highest BCUT2D eigenvalue weighted by atomic mass is 16.6. The summed E-state index contributed by atoms with van der Waals surface area (Å²) in [6.45, 7) is 8.13. The van der Waals surface area contributed by atoms with Crippen LogP contribution in [0.15, 0.2) is 18.2 Å². The van der Waals surface area contributed by atoms with Crippen molar-refractivity contribution in [3.63, 3.8) is 0 Å². The smallest absolute Gasteiger partial charge is 0.161 e. The van der Waals surface area contributed by atoms with Crippen LogP contribution >= 0.6 is 0 Å². The van der Waals surface area contributed by atoms with Gasteiger partial charge in [-0.05, 0) is 41.9 Å². The van der Waals surface area contributed by atoms with Gasteiger partial charge in [-0.15, -0.1) is 0 Å². The number of ether oxygens (including phenoxy) is 2. The van der Waals surface area contributed by atoms with E-state index in [9.17, 15) is 0 Å². The first-order valence-corrected chi connectivity index (χ1v) is 7.07. The fraction of sp³-hybridized carbons (Fsp3) is 0.625. The Balaban J connectivity index is 1.80. The molecule has 1 heterocycles. The Hall–Kier alpha value is -1.22. The van der Waals surface area contributed by atoms with Crippen LogP contribution < -0.4 is 15.2 Å². The fourth-order valence-corrected chi connectivity index (χ4v) is 3.02. The van der Waals surface area contributed by atoms with Gasteiger partial charge in [0.15, 0.2) is 11.5 Å². The van der Waals surface area contributed by atoms with E-state index < -0.39 is 0 Å². The minimum atomic E-state index is -0.187. The molecule has 0 unspecified atom stereocenters. The van der Waals surface area contributed by atoms with Crippen LogP contribution in [0.1, 0.15) is 39.2 Å². The standard InChI is InChI=1S/C16H23NO2/c1-15(2,3)12-9-16(17,10-12)11-4-5-13-14(8-11)19-7-6-18-13/h4-5,8,12H,6-7,9-10,17H2,1-3H3. The van der Waals surface area contributed by atoms with E-state index in [1.54, 1.807) is 0 Å². The summed E-state index contributed by atoms with van der Waals surface area (Å²) in [7, 11) is 0. The zero-order valence-electron chi connectivity index (χ0n) is 12.0. The maximum Gasteiger partial charge on any atom is 0.161 e. The molecule has 1 aliphatic carbocycles. The molecule has 19 heavy (non-hydrogen) atoms. The average Bonchev–Trinajstić information content (AvgIpc) is 2.33. The van der Waals surface area contributed by atoms with E-state index in [-0.39, 0.29) is 5.54 Å². The summed E-state index contributed by atoms with van der Waals surface area (Å²) < 4.78 is 11.2. The van der Waals surface area contributed by atoms with Crippen molar-refractivity contribution in [2.24, 2.45) is 17.1 Å². The summed E-state index contributed by atoms with van der Waals surface area (Å²) in [5, 5.41) is 0. The summed E-state index contributed by atoms with van der Waals surface area (Å²) in [5.74, 6) is 2.38. The molecule has 0 bridgehead atoms. The van der Waals surface area contributed by atoms with E-state index in [1.165, 1.54) is 5.56 Å². The van der Waals surface area contributed by atoms with Gasteiger partial charge in [-0.2, -0.15) is 0 Å². The normalized spacial score (nSPS) is 29.8. The predicted molar refractivity (Wildman–Crippen MR) is 75.5 cm³/mol. The minimum Gasteiger partial charge on any atom is -0.486 e. The van der Waals surface area contributed by atoms with Gasteiger partial charge >= 0.3 is 0 Å². The highest BCUT2D eigenvalue weighted by Crippen LogP contribution is 2.52. The van der Waals surface area contributed by atoms with Crippen molar-refractivity contribution in [2.45, 2.75) is 39.2 Å². The molecule has 1 fully saturated rings. The van der Waals surface area contributed by atoms with Gasteiger partial charge in [0, 0.05) is 5.54 Å². The quantitative estimate of drug-likeness (QED) is 0.845. The van der Waals surface area contributed by atoms with Crippen LogP contribution in [0.25, 0.3) is 0 Å². The molecule has 0 radical (unpaired) electrons. The molecule has 1 saturated carbocycles. The molecule has 0 aromatic heterocycles. The third-order valence-corrected chi connectivity index (χ3v) is 4.56. The molecule has 1 aliphatic heterocycles. The number of benzene rings is 1. The number of hydrogen-bond acceptors (Lipinski definition) is 3. The van der Waals surface area contributed by atoms with Crippen LogP contribution in [-0.2, 0) is 5.54 Å². The molecule has 1 aromatic rings. The molecular formula is C16H23NO2. The van der Waals surface area contributed by atoms with Gasteiger partial charge in [-0.25, -0.2) is 0 Å². The summed E-state index contributed by atoms with van der Waals surface area (Å²) in [5.41, 5.74) is 7.88. The van der Waals surface area contributed by atoms with Crippen LogP contribution in [0, 0.1) is 11.3 Å². The topological polar surface area (TPSA) is 44.5 Å². The maximum absolute atomic E-state index is 6.55. The van der Waals surface area contributed by atoms with Crippen molar-refractivity contribution in [1.29, 1.82) is 0 Å². The molecule has 3 nitrogen and oxygen atoms in total. The molecule has 0 spiro atoms. The zero-order chi connectivity index (χ0) is 13.7. The monoisotopic (exact) mass is 261 g/mol. The molecule has 0 amide bonds. The molecule has 2 aliphatic rings. The Morgan fingerprint density at radius 1 is 1.11 bits per heavy atom. The van der Waals surface area contributed by atoms with E-state index in [0.717, 1.165) is 24.3 Å². The molecular weight excluding hydrogens is 238 g/mol. The Labute approximate surface area is 115 Å². The second kappa shape index (κ2) is 4.14. The Morgan fingerprint density at radius 3 is 2.37 bits per heavy atom. The first kappa shape index (κ1) is 12.8. The Bertz CT molecular complexity index is 484. The highest BCUT2D eigenvalue weighted by molar-refractivity contribution is 5.46. The van der Waals surface area contributed by atoms with Gasteiger partial charge in [0.2, 0.25) is 0 Å². The van der Waals surface area contributed by atoms with Gasteiger partial charge < -0.3 is 15.2 Å². The van der Waals surface area contributed by atoms with Crippen molar-refractivity contribution >= 4 is 0 Å². The summed E-state index contributed by atoms with van der Waals surface area (Å²) in [4.78, 5) is 0.